The molecule has 1 aromatic rings. The molecule has 11 heavy (non-hydrogen) atoms. The molecule has 2 heterocycles. The highest BCUT2D eigenvalue weighted by Crippen LogP contribution is 2.28. The highest BCUT2D eigenvalue weighted by molar-refractivity contribution is 5.38. The summed E-state index contributed by atoms with van der Waals surface area (Å²) < 4.78 is 5.47. The van der Waals surface area contributed by atoms with Gasteiger partial charge in [-0.3, -0.25) is 0 Å². The van der Waals surface area contributed by atoms with Crippen molar-refractivity contribution in [1.29, 1.82) is 0 Å². The minimum atomic E-state index is 0.257. The van der Waals surface area contributed by atoms with E-state index in [9.17, 15) is 0 Å². The molecule has 2 rings (SSSR count). The molecular formula is C8H12N2O. The number of anilines is 1. The summed E-state index contributed by atoms with van der Waals surface area (Å²) in [5.74, 6) is 0. The molecule has 0 aliphatic carbocycles. The van der Waals surface area contributed by atoms with E-state index in [4.69, 9.17) is 10.5 Å². The van der Waals surface area contributed by atoms with Crippen molar-refractivity contribution in [1.82, 2.24) is 4.98 Å². The molecule has 0 spiro atoms. The van der Waals surface area contributed by atoms with E-state index in [-0.39, 0.29) is 6.10 Å². The molecule has 1 atom stereocenters. The molecule has 1 unspecified atom stereocenters. The first kappa shape index (κ1) is 6.73. The lowest BCUT2D eigenvalue weighted by Gasteiger charge is -2.04. The van der Waals surface area contributed by atoms with Gasteiger partial charge in [0.05, 0.1) is 6.10 Å². The van der Waals surface area contributed by atoms with Crippen LogP contribution in [0, 0.1) is 0 Å². The van der Waals surface area contributed by atoms with Crippen LogP contribution in [0.15, 0.2) is 12.3 Å². The van der Waals surface area contributed by atoms with E-state index in [1.165, 1.54) is 0 Å². The van der Waals surface area contributed by atoms with Crippen LogP contribution in [0.2, 0.25) is 0 Å². The Balaban J connectivity index is 2.15. The van der Waals surface area contributed by atoms with Gasteiger partial charge in [0.2, 0.25) is 0 Å². The lowest BCUT2D eigenvalue weighted by atomic mass is 10.2. The van der Waals surface area contributed by atoms with Crippen LogP contribution in [0.3, 0.4) is 0 Å². The third kappa shape index (κ3) is 1.24. The topological polar surface area (TPSA) is 51.0 Å². The summed E-state index contributed by atoms with van der Waals surface area (Å²) in [6, 6.07) is 1.94. The van der Waals surface area contributed by atoms with Crippen molar-refractivity contribution in [2.24, 2.45) is 0 Å². The Morgan fingerprint density at radius 1 is 1.64 bits per heavy atom. The number of hydrogen-bond acceptors (Lipinski definition) is 2. The number of nitrogen functional groups attached to an aromatic ring is 1. The fourth-order valence-electron chi connectivity index (χ4n) is 1.44. The maximum Gasteiger partial charge on any atom is 0.0974 e. The molecule has 0 bridgehead atoms. The summed E-state index contributed by atoms with van der Waals surface area (Å²) in [5, 5.41) is 0. The van der Waals surface area contributed by atoms with Gasteiger partial charge >= 0.3 is 0 Å². The summed E-state index contributed by atoms with van der Waals surface area (Å²) in [6.07, 6.45) is 4.33. The smallest absolute Gasteiger partial charge is 0.0974 e. The summed E-state index contributed by atoms with van der Waals surface area (Å²) in [5.41, 5.74) is 7.46. The number of aromatic nitrogens is 1. The van der Waals surface area contributed by atoms with E-state index < -0.39 is 0 Å². The molecule has 3 heteroatoms. The molecule has 0 amide bonds. The first-order valence-electron chi connectivity index (χ1n) is 3.91. The van der Waals surface area contributed by atoms with Gasteiger partial charge in [-0.1, -0.05) is 0 Å². The lowest BCUT2D eigenvalue weighted by molar-refractivity contribution is 0.109. The summed E-state index contributed by atoms with van der Waals surface area (Å²) >= 11 is 0. The summed E-state index contributed by atoms with van der Waals surface area (Å²) in [4.78, 5) is 3.10. The van der Waals surface area contributed by atoms with Crippen LogP contribution in [0.4, 0.5) is 5.69 Å². The normalized spacial score (nSPS) is 24.2. The fourth-order valence-corrected chi connectivity index (χ4v) is 1.44. The molecular weight excluding hydrogens is 140 g/mol. The number of ether oxygens (including phenoxy) is 1. The molecule has 1 aliphatic rings. The van der Waals surface area contributed by atoms with E-state index in [1.807, 2.05) is 6.07 Å². The molecule has 0 saturated carbocycles. The minimum absolute atomic E-state index is 0.257. The quantitative estimate of drug-likeness (QED) is 0.639. The second-order valence-electron chi connectivity index (χ2n) is 2.89. The molecule has 3 N–H and O–H groups in total. The lowest BCUT2D eigenvalue weighted by Crippen LogP contribution is -1.94. The van der Waals surface area contributed by atoms with E-state index in [2.05, 4.69) is 4.98 Å². The number of nitrogens with two attached hydrogens (primary N) is 1. The molecule has 1 fully saturated rings. The third-order valence-corrected chi connectivity index (χ3v) is 2.00. The second-order valence-corrected chi connectivity index (χ2v) is 2.89. The van der Waals surface area contributed by atoms with Crippen LogP contribution < -0.4 is 5.73 Å². The second kappa shape index (κ2) is 2.58. The van der Waals surface area contributed by atoms with Crippen LogP contribution >= 0.6 is 0 Å². The average molecular weight is 152 g/mol. The third-order valence-electron chi connectivity index (χ3n) is 2.00. The number of rotatable bonds is 1. The Kier molecular flexibility index (Phi) is 1.58. The predicted molar refractivity (Wildman–Crippen MR) is 43.1 cm³/mol. The zero-order valence-electron chi connectivity index (χ0n) is 6.34. The molecule has 0 radical (unpaired) electrons. The SMILES string of the molecule is Nc1c[nH]c(C2CCCO2)c1. The molecule has 1 saturated heterocycles. The Labute approximate surface area is 65.5 Å². The van der Waals surface area contributed by atoms with Gasteiger partial charge in [0.1, 0.15) is 0 Å². The Morgan fingerprint density at radius 2 is 2.55 bits per heavy atom. The van der Waals surface area contributed by atoms with Gasteiger partial charge in [-0.2, -0.15) is 0 Å². The summed E-state index contributed by atoms with van der Waals surface area (Å²) in [6.45, 7) is 0.879. The van der Waals surface area contributed by atoms with Crippen LogP contribution in [0.1, 0.15) is 24.6 Å². The number of nitrogens with one attached hydrogen (secondary N) is 1. The standard InChI is InChI=1S/C8H12N2O/c9-6-4-7(10-5-6)8-2-1-3-11-8/h4-5,8,10H,1-3,9H2. The van der Waals surface area contributed by atoms with Crippen LogP contribution in [-0.4, -0.2) is 11.6 Å². The number of aromatic amines is 1. The monoisotopic (exact) mass is 152 g/mol. The first-order valence-corrected chi connectivity index (χ1v) is 3.91. The van der Waals surface area contributed by atoms with Gasteiger partial charge < -0.3 is 15.5 Å². The molecule has 1 aliphatic heterocycles. The van der Waals surface area contributed by atoms with Crippen molar-refractivity contribution in [2.75, 3.05) is 12.3 Å². The highest BCUT2D eigenvalue weighted by atomic mass is 16.5. The Morgan fingerprint density at radius 3 is 3.09 bits per heavy atom. The van der Waals surface area contributed by atoms with Gasteiger partial charge in [0, 0.05) is 24.2 Å². The van der Waals surface area contributed by atoms with Crippen LogP contribution in [-0.2, 0) is 4.74 Å². The fraction of sp³-hybridized carbons (Fsp3) is 0.500. The Hall–Kier alpha value is -0.960. The highest BCUT2D eigenvalue weighted by Gasteiger charge is 2.18. The molecule has 3 nitrogen and oxygen atoms in total. The Bertz CT molecular complexity index is 238. The molecule has 60 valence electrons. The van der Waals surface area contributed by atoms with Gasteiger partial charge in [-0.15, -0.1) is 0 Å². The largest absolute Gasteiger partial charge is 0.397 e. The van der Waals surface area contributed by atoms with Crippen LogP contribution in [0.5, 0.6) is 0 Å². The van der Waals surface area contributed by atoms with Crippen molar-refractivity contribution < 1.29 is 4.74 Å². The molecule has 0 aromatic carbocycles. The van der Waals surface area contributed by atoms with Crippen molar-refractivity contribution in [3.05, 3.63) is 18.0 Å². The number of H-pyrrole nitrogens is 1. The van der Waals surface area contributed by atoms with E-state index in [1.54, 1.807) is 6.20 Å². The average Bonchev–Trinajstić information content (AvgIpc) is 2.55. The maximum atomic E-state index is 5.56. The van der Waals surface area contributed by atoms with Crippen molar-refractivity contribution in [3.63, 3.8) is 0 Å². The maximum absolute atomic E-state index is 5.56. The van der Waals surface area contributed by atoms with Crippen molar-refractivity contribution in [2.45, 2.75) is 18.9 Å². The van der Waals surface area contributed by atoms with Crippen molar-refractivity contribution >= 4 is 5.69 Å². The summed E-state index contributed by atoms with van der Waals surface area (Å²) in [7, 11) is 0. The zero-order chi connectivity index (χ0) is 7.68. The van der Waals surface area contributed by atoms with Gasteiger partial charge in [-0.25, -0.2) is 0 Å². The van der Waals surface area contributed by atoms with E-state index in [0.717, 1.165) is 30.8 Å². The predicted octanol–water partition coefficient (Wildman–Crippen LogP) is 1.45. The van der Waals surface area contributed by atoms with Gasteiger partial charge in [0.15, 0.2) is 0 Å². The van der Waals surface area contributed by atoms with Gasteiger partial charge in [0.25, 0.3) is 0 Å². The minimum Gasteiger partial charge on any atom is -0.397 e. The van der Waals surface area contributed by atoms with Gasteiger partial charge in [-0.05, 0) is 18.9 Å². The number of hydrogen-bond donors (Lipinski definition) is 2. The van der Waals surface area contributed by atoms with E-state index in [0.29, 0.717) is 0 Å². The molecule has 1 aromatic heterocycles. The van der Waals surface area contributed by atoms with Crippen LogP contribution in [0.25, 0.3) is 0 Å². The first-order chi connectivity index (χ1) is 5.36. The van der Waals surface area contributed by atoms with E-state index >= 15 is 0 Å². The zero-order valence-corrected chi connectivity index (χ0v) is 6.34. The van der Waals surface area contributed by atoms with Crippen molar-refractivity contribution in [3.8, 4) is 0 Å².